The average Bonchev–Trinajstić information content (AvgIpc) is 3.03. The van der Waals surface area contributed by atoms with Crippen LogP contribution in [-0.2, 0) is 6.54 Å². The van der Waals surface area contributed by atoms with Crippen LogP contribution in [0.4, 0.5) is 5.82 Å². The minimum Gasteiger partial charge on any atom is -0.361 e. The number of nitrogens with one attached hydrogen (secondary N) is 1. The molecule has 5 nitrogen and oxygen atoms in total. The van der Waals surface area contributed by atoms with Crippen LogP contribution in [0.3, 0.4) is 0 Å². The van der Waals surface area contributed by atoms with Crippen molar-refractivity contribution in [2.24, 2.45) is 0 Å². The smallest absolute Gasteiger partial charge is 0.182 e. The number of aromatic nitrogens is 3. The number of anilines is 1. The highest BCUT2D eigenvalue weighted by atomic mass is 32.1. The van der Waals surface area contributed by atoms with Crippen LogP contribution < -0.4 is 5.32 Å². The molecule has 6 heteroatoms. The Morgan fingerprint density at radius 3 is 2.76 bits per heavy atom. The second-order valence-corrected chi connectivity index (χ2v) is 5.15. The first-order valence-corrected chi connectivity index (χ1v) is 7.19. The summed E-state index contributed by atoms with van der Waals surface area (Å²) < 4.78 is 0. The van der Waals surface area contributed by atoms with Crippen molar-refractivity contribution in [1.29, 1.82) is 5.26 Å². The third kappa shape index (κ3) is 3.04. The van der Waals surface area contributed by atoms with Gasteiger partial charge in [0.1, 0.15) is 11.1 Å². The number of rotatable bonds is 4. The lowest BCUT2D eigenvalue weighted by Gasteiger charge is -2.03. The molecule has 0 atom stereocenters. The largest absolute Gasteiger partial charge is 0.361 e. The highest BCUT2D eigenvalue weighted by Crippen LogP contribution is 2.22. The Labute approximate surface area is 126 Å². The van der Waals surface area contributed by atoms with Crippen molar-refractivity contribution in [3.05, 3.63) is 58.8 Å². The topological polar surface area (TPSA) is 74.5 Å². The maximum Gasteiger partial charge on any atom is 0.182 e. The van der Waals surface area contributed by atoms with Gasteiger partial charge in [0.15, 0.2) is 11.5 Å². The summed E-state index contributed by atoms with van der Waals surface area (Å²) in [5, 5.41) is 15.0. The Hall–Kier alpha value is -2.78. The predicted molar refractivity (Wildman–Crippen MR) is 81.6 cm³/mol. The molecule has 0 radical (unpaired) electrons. The Balaban J connectivity index is 1.72. The third-order valence-corrected chi connectivity index (χ3v) is 3.68. The number of nitrogens with zero attached hydrogens (tertiary/aromatic N) is 4. The van der Waals surface area contributed by atoms with E-state index in [1.807, 2.05) is 41.8 Å². The molecule has 0 unspecified atom stereocenters. The molecule has 0 aliphatic heterocycles. The molecule has 21 heavy (non-hydrogen) atoms. The molecule has 3 rings (SSSR count). The Morgan fingerprint density at radius 1 is 1.14 bits per heavy atom. The first-order chi connectivity index (χ1) is 10.4. The Bertz CT molecular complexity index is 776. The van der Waals surface area contributed by atoms with Crippen LogP contribution in [0, 0.1) is 11.3 Å². The van der Waals surface area contributed by atoms with Crippen molar-refractivity contribution >= 4 is 17.2 Å². The predicted octanol–water partition coefficient (Wildman–Crippen LogP) is 3.08. The number of hydrogen-bond donors (Lipinski definition) is 1. The minimum atomic E-state index is 0.289. The van der Waals surface area contributed by atoms with Gasteiger partial charge in [-0.15, -0.1) is 11.3 Å². The number of nitriles is 1. The maximum absolute atomic E-state index is 8.96. The van der Waals surface area contributed by atoms with Crippen LogP contribution in [0.2, 0.25) is 0 Å². The molecule has 1 aromatic carbocycles. The van der Waals surface area contributed by atoms with Crippen molar-refractivity contribution in [2.75, 3.05) is 5.32 Å². The molecule has 2 heterocycles. The van der Waals surface area contributed by atoms with Crippen molar-refractivity contribution < 1.29 is 0 Å². The maximum atomic E-state index is 8.96. The summed E-state index contributed by atoms with van der Waals surface area (Å²) in [6.07, 6.45) is 3.06. The Kier molecular flexibility index (Phi) is 3.85. The van der Waals surface area contributed by atoms with Crippen LogP contribution in [0.1, 0.15) is 10.7 Å². The molecule has 0 aliphatic rings. The van der Waals surface area contributed by atoms with Gasteiger partial charge in [-0.3, -0.25) is 0 Å². The van der Waals surface area contributed by atoms with Gasteiger partial charge in [0.05, 0.1) is 12.2 Å². The zero-order valence-electron chi connectivity index (χ0n) is 11.0. The molecule has 0 bridgehead atoms. The van der Waals surface area contributed by atoms with E-state index in [0.29, 0.717) is 12.4 Å². The van der Waals surface area contributed by atoms with Gasteiger partial charge in [-0.25, -0.2) is 15.0 Å². The van der Waals surface area contributed by atoms with E-state index < -0.39 is 0 Å². The summed E-state index contributed by atoms with van der Waals surface area (Å²) in [5.41, 5.74) is 2.34. The third-order valence-electron chi connectivity index (χ3n) is 2.83. The van der Waals surface area contributed by atoms with Crippen LogP contribution in [0.5, 0.6) is 0 Å². The van der Waals surface area contributed by atoms with E-state index in [9.17, 15) is 0 Å². The molecule has 0 amide bonds. The summed E-state index contributed by atoms with van der Waals surface area (Å²) in [6, 6.07) is 12.0. The van der Waals surface area contributed by atoms with Gasteiger partial charge < -0.3 is 5.32 Å². The number of benzene rings is 1. The van der Waals surface area contributed by atoms with Gasteiger partial charge in [-0.2, -0.15) is 5.26 Å². The molecule has 0 aliphatic carbocycles. The second kappa shape index (κ2) is 6.11. The normalized spacial score (nSPS) is 10.0. The summed E-state index contributed by atoms with van der Waals surface area (Å²) in [4.78, 5) is 12.6. The van der Waals surface area contributed by atoms with Gasteiger partial charge in [0.25, 0.3) is 0 Å². The van der Waals surface area contributed by atoms with Gasteiger partial charge in [0.2, 0.25) is 0 Å². The average molecular weight is 293 g/mol. The standard InChI is InChI=1S/C15H11N5S/c16-8-12-15(18-7-6-17-12)19-9-14-20-13(10-21-14)11-4-2-1-3-5-11/h1-7,10H,9H2,(H,18,19). The van der Waals surface area contributed by atoms with Gasteiger partial charge in [-0.05, 0) is 0 Å². The van der Waals surface area contributed by atoms with Crippen molar-refractivity contribution in [3.63, 3.8) is 0 Å². The lowest BCUT2D eigenvalue weighted by molar-refractivity contribution is 1.05. The van der Waals surface area contributed by atoms with Gasteiger partial charge in [0, 0.05) is 23.3 Å². The minimum absolute atomic E-state index is 0.289. The van der Waals surface area contributed by atoms with E-state index in [-0.39, 0.29) is 5.69 Å². The molecule has 0 saturated carbocycles. The highest BCUT2D eigenvalue weighted by Gasteiger charge is 2.07. The zero-order valence-corrected chi connectivity index (χ0v) is 11.8. The van der Waals surface area contributed by atoms with E-state index >= 15 is 0 Å². The fourth-order valence-electron chi connectivity index (χ4n) is 1.84. The first kappa shape index (κ1) is 13.2. The molecule has 0 fully saturated rings. The Morgan fingerprint density at radius 2 is 1.95 bits per heavy atom. The quantitative estimate of drug-likeness (QED) is 0.800. The molecular formula is C15H11N5S. The molecule has 102 valence electrons. The molecule has 1 N–H and O–H groups in total. The van der Waals surface area contributed by atoms with Crippen LogP contribution >= 0.6 is 11.3 Å². The lowest BCUT2D eigenvalue weighted by Crippen LogP contribution is -2.04. The molecular weight excluding hydrogens is 282 g/mol. The molecule has 2 aromatic heterocycles. The van der Waals surface area contributed by atoms with Crippen LogP contribution in [-0.4, -0.2) is 15.0 Å². The summed E-state index contributed by atoms with van der Waals surface area (Å²) in [6.45, 7) is 0.519. The summed E-state index contributed by atoms with van der Waals surface area (Å²) in [7, 11) is 0. The fourth-order valence-corrected chi connectivity index (χ4v) is 2.59. The monoisotopic (exact) mass is 293 g/mol. The molecule has 0 saturated heterocycles. The van der Waals surface area contributed by atoms with E-state index in [4.69, 9.17) is 5.26 Å². The second-order valence-electron chi connectivity index (χ2n) is 4.21. The first-order valence-electron chi connectivity index (χ1n) is 6.31. The lowest BCUT2D eigenvalue weighted by atomic mass is 10.2. The van der Waals surface area contributed by atoms with Crippen molar-refractivity contribution in [2.45, 2.75) is 6.54 Å². The SMILES string of the molecule is N#Cc1nccnc1NCc1nc(-c2ccccc2)cs1. The van der Waals surface area contributed by atoms with E-state index in [0.717, 1.165) is 16.3 Å². The summed E-state index contributed by atoms with van der Waals surface area (Å²) in [5.74, 6) is 0.483. The van der Waals surface area contributed by atoms with Crippen LogP contribution in [0.15, 0.2) is 48.1 Å². The van der Waals surface area contributed by atoms with E-state index in [1.54, 1.807) is 17.5 Å². The molecule has 3 aromatic rings. The zero-order chi connectivity index (χ0) is 14.5. The van der Waals surface area contributed by atoms with E-state index in [2.05, 4.69) is 20.3 Å². The highest BCUT2D eigenvalue weighted by molar-refractivity contribution is 7.09. The number of hydrogen-bond acceptors (Lipinski definition) is 6. The van der Waals surface area contributed by atoms with Crippen molar-refractivity contribution in [3.8, 4) is 17.3 Å². The van der Waals surface area contributed by atoms with E-state index in [1.165, 1.54) is 6.20 Å². The summed E-state index contributed by atoms with van der Waals surface area (Å²) >= 11 is 1.57. The molecule has 0 spiro atoms. The number of thiazole rings is 1. The van der Waals surface area contributed by atoms with Crippen molar-refractivity contribution in [1.82, 2.24) is 15.0 Å². The van der Waals surface area contributed by atoms with Gasteiger partial charge >= 0.3 is 0 Å². The van der Waals surface area contributed by atoms with Gasteiger partial charge in [-0.1, -0.05) is 30.3 Å². The van der Waals surface area contributed by atoms with Crippen LogP contribution in [0.25, 0.3) is 11.3 Å². The fraction of sp³-hybridized carbons (Fsp3) is 0.0667.